The first-order valence-electron chi connectivity index (χ1n) is 5.52. The number of primary sulfonamides is 1. The molecule has 0 aromatic heterocycles. The van der Waals surface area contributed by atoms with E-state index >= 15 is 0 Å². The molecule has 8 heteroatoms. The van der Waals surface area contributed by atoms with E-state index in [0.717, 1.165) is 25.3 Å². The first-order chi connectivity index (χ1) is 8.79. The number of nitrogens with two attached hydrogens (primary N) is 1. The fourth-order valence-electron chi connectivity index (χ4n) is 1.60. The van der Waals surface area contributed by atoms with Gasteiger partial charge in [0.25, 0.3) is 0 Å². The maximum Gasteiger partial charge on any atom is 0.338 e. The minimum absolute atomic E-state index is 0.0733. The number of hydrogen-bond donors (Lipinski definition) is 1. The SMILES string of the molecule is NS(=O)(=O)c1cc(C(=O)OC2CCC2)cc(Cl)c1Br. The van der Waals surface area contributed by atoms with Crippen LogP contribution in [0.25, 0.3) is 0 Å². The van der Waals surface area contributed by atoms with Gasteiger partial charge in [-0.05, 0) is 47.3 Å². The third-order valence-electron chi connectivity index (χ3n) is 2.86. The van der Waals surface area contributed by atoms with Gasteiger partial charge >= 0.3 is 5.97 Å². The van der Waals surface area contributed by atoms with Crippen LogP contribution in [0.15, 0.2) is 21.5 Å². The number of benzene rings is 1. The maximum atomic E-state index is 11.9. The van der Waals surface area contributed by atoms with Crippen molar-refractivity contribution in [2.75, 3.05) is 0 Å². The van der Waals surface area contributed by atoms with Crippen molar-refractivity contribution in [3.05, 3.63) is 27.2 Å². The Bertz CT molecular complexity index is 628. The lowest BCUT2D eigenvalue weighted by atomic mass is 9.96. The van der Waals surface area contributed by atoms with Crippen LogP contribution in [0.5, 0.6) is 0 Å². The molecule has 1 aliphatic carbocycles. The van der Waals surface area contributed by atoms with E-state index in [2.05, 4.69) is 15.9 Å². The summed E-state index contributed by atoms with van der Waals surface area (Å²) >= 11 is 8.91. The van der Waals surface area contributed by atoms with Crippen molar-refractivity contribution in [1.82, 2.24) is 0 Å². The molecule has 2 rings (SSSR count). The zero-order valence-corrected chi connectivity index (χ0v) is 12.9. The molecule has 1 aliphatic rings. The van der Waals surface area contributed by atoms with E-state index in [4.69, 9.17) is 21.5 Å². The van der Waals surface area contributed by atoms with Crippen LogP contribution in [-0.4, -0.2) is 20.5 Å². The van der Waals surface area contributed by atoms with Crippen molar-refractivity contribution >= 4 is 43.5 Å². The molecule has 2 N–H and O–H groups in total. The van der Waals surface area contributed by atoms with Crippen LogP contribution in [0, 0.1) is 0 Å². The molecule has 19 heavy (non-hydrogen) atoms. The summed E-state index contributed by atoms with van der Waals surface area (Å²) in [6.45, 7) is 0. The average Bonchev–Trinajstić information content (AvgIpc) is 2.25. The minimum atomic E-state index is -3.97. The summed E-state index contributed by atoms with van der Waals surface area (Å²) in [6, 6.07) is 2.51. The summed E-state index contributed by atoms with van der Waals surface area (Å²) in [7, 11) is -3.97. The van der Waals surface area contributed by atoms with E-state index in [1.807, 2.05) is 0 Å². The van der Waals surface area contributed by atoms with Crippen LogP contribution in [0.3, 0.4) is 0 Å². The Hall–Kier alpha value is -0.630. The second-order valence-electron chi connectivity index (χ2n) is 4.27. The molecular formula is C11H11BrClNO4S. The molecule has 1 aromatic carbocycles. The van der Waals surface area contributed by atoms with Crippen LogP contribution in [0.1, 0.15) is 29.6 Å². The molecule has 1 fully saturated rings. The van der Waals surface area contributed by atoms with Gasteiger partial charge in [-0.15, -0.1) is 0 Å². The van der Waals surface area contributed by atoms with E-state index < -0.39 is 16.0 Å². The monoisotopic (exact) mass is 367 g/mol. The lowest BCUT2D eigenvalue weighted by Crippen LogP contribution is -2.25. The van der Waals surface area contributed by atoms with Crippen molar-refractivity contribution in [1.29, 1.82) is 0 Å². The van der Waals surface area contributed by atoms with E-state index in [1.165, 1.54) is 6.07 Å². The molecule has 1 aromatic rings. The molecule has 0 unspecified atom stereocenters. The van der Waals surface area contributed by atoms with Gasteiger partial charge in [0.1, 0.15) is 6.10 Å². The lowest BCUT2D eigenvalue weighted by molar-refractivity contribution is 0.00898. The highest BCUT2D eigenvalue weighted by molar-refractivity contribution is 9.10. The van der Waals surface area contributed by atoms with Gasteiger partial charge in [0.05, 0.1) is 20.0 Å². The van der Waals surface area contributed by atoms with Gasteiger partial charge in [0.2, 0.25) is 10.0 Å². The third kappa shape index (κ3) is 3.28. The number of ether oxygens (including phenoxy) is 1. The van der Waals surface area contributed by atoms with E-state index in [1.54, 1.807) is 0 Å². The fraction of sp³-hybridized carbons (Fsp3) is 0.364. The Labute approximate surface area is 124 Å². The first kappa shape index (κ1) is 14.8. The Morgan fingerprint density at radius 1 is 1.42 bits per heavy atom. The van der Waals surface area contributed by atoms with Crippen LogP contribution in [0.2, 0.25) is 5.02 Å². The van der Waals surface area contributed by atoms with Gasteiger partial charge in [-0.2, -0.15) is 0 Å². The van der Waals surface area contributed by atoms with Gasteiger partial charge in [-0.25, -0.2) is 18.4 Å². The van der Waals surface area contributed by atoms with E-state index in [-0.39, 0.29) is 26.1 Å². The summed E-state index contributed by atoms with van der Waals surface area (Å²) in [5.74, 6) is -0.594. The summed E-state index contributed by atoms with van der Waals surface area (Å²) < 4.78 is 28.1. The molecule has 104 valence electrons. The molecule has 0 radical (unpaired) electrons. The Kier molecular flexibility index (Phi) is 4.20. The van der Waals surface area contributed by atoms with Crippen molar-refractivity contribution < 1.29 is 17.9 Å². The van der Waals surface area contributed by atoms with Gasteiger partial charge in [0, 0.05) is 0 Å². The quantitative estimate of drug-likeness (QED) is 0.830. The molecule has 0 amide bonds. The number of carbonyl (C=O) groups is 1. The van der Waals surface area contributed by atoms with Crippen LogP contribution in [-0.2, 0) is 14.8 Å². The number of carbonyl (C=O) groups excluding carboxylic acids is 1. The Morgan fingerprint density at radius 3 is 2.53 bits per heavy atom. The van der Waals surface area contributed by atoms with Crippen molar-refractivity contribution in [3.63, 3.8) is 0 Å². The molecule has 0 atom stereocenters. The maximum absolute atomic E-state index is 11.9. The predicted octanol–water partition coefficient (Wildman–Crippen LogP) is 2.46. The molecule has 1 saturated carbocycles. The summed E-state index contributed by atoms with van der Waals surface area (Å²) in [6.07, 6.45) is 2.60. The molecule has 0 aliphatic heterocycles. The van der Waals surface area contributed by atoms with E-state index in [9.17, 15) is 13.2 Å². The Morgan fingerprint density at radius 2 is 2.05 bits per heavy atom. The molecule has 5 nitrogen and oxygen atoms in total. The smallest absolute Gasteiger partial charge is 0.338 e. The lowest BCUT2D eigenvalue weighted by Gasteiger charge is -2.25. The fourth-order valence-corrected chi connectivity index (χ4v) is 3.43. The highest BCUT2D eigenvalue weighted by atomic mass is 79.9. The van der Waals surface area contributed by atoms with Gasteiger partial charge in [-0.1, -0.05) is 11.6 Å². The van der Waals surface area contributed by atoms with Crippen molar-refractivity contribution in [3.8, 4) is 0 Å². The van der Waals surface area contributed by atoms with Gasteiger partial charge in [-0.3, -0.25) is 0 Å². The standard InChI is InChI=1S/C11H11BrClNO4S/c12-10-8(13)4-6(5-9(10)19(14,16)17)11(15)18-7-2-1-3-7/h4-5,7H,1-3H2,(H2,14,16,17). The number of esters is 1. The average molecular weight is 369 g/mol. The molecule has 0 spiro atoms. The Balaban J connectivity index is 2.36. The second-order valence-corrected chi connectivity index (χ2v) is 7.00. The summed E-state index contributed by atoms with van der Waals surface area (Å²) in [5, 5.41) is 5.16. The van der Waals surface area contributed by atoms with E-state index in [0.29, 0.717) is 0 Å². The number of sulfonamides is 1. The summed E-state index contributed by atoms with van der Waals surface area (Å²) in [5.41, 5.74) is 0.0733. The molecule has 0 saturated heterocycles. The van der Waals surface area contributed by atoms with Crippen molar-refractivity contribution in [2.24, 2.45) is 5.14 Å². The topological polar surface area (TPSA) is 86.5 Å². The minimum Gasteiger partial charge on any atom is -0.459 e. The van der Waals surface area contributed by atoms with Gasteiger partial charge < -0.3 is 4.74 Å². The van der Waals surface area contributed by atoms with Crippen LogP contribution >= 0.6 is 27.5 Å². The predicted molar refractivity (Wildman–Crippen MR) is 73.6 cm³/mol. The molecular weight excluding hydrogens is 358 g/mol. The highest BCUT2D eigenvalue weighted by Gasteiger charge is 2.25. The summed E-state index contributed by atoms with van der Waals surface area (Å²) in [4.78, 5) is 11.6. The largest absolute Gasteiger partial charge is 0.459 e. The molecule has 0 bridgehead atoms. The number of rotatable bonds is 3. The van der Waals surface area contributed by atoms with Crippen molar-refractivity contribution in [2.45, 2.75) is 30.3 Å². The molecule has 0 heterocycles. The number of hydrogen-bond acceptors (Lipinski definition) is 4. The normalized spacial score (nSPS) is 15.9. The highest BCUT2D eigenvalue weighted by Crippen LogP contribution is 2.31. The second kappa shape index (κ2) is 5.40. The first-order valence-corrected chi connectivity index (χ1v) is 8.23. The number of halogens is 2. The van der Waals surface area contributed by atoms with Crippen LogP contribution in [0.4, 0.5) is 0 Å². The zero-order valence-electron chi connectivity index (χ0n) is 9.73. The van der Waals surface area contributed by atoms with Gasteiger partial charge in [0.15, 0.2) is 0 Å². The third-order valence-corrected chi connectivity index (χ3v) is 5.44. The zero-order chi connectivity index (χ0) is 14.2. The van der Waals surface area contributed by atoms with Crippen LogP contribution < -0.4 is 5.14 Å².